The van der Waals surface area contributed by atoms with Crippen LogP contribution in [0.4, 0.5) is 10.5 Å². The molecule has 0 heterocycles. The number of fused-ring (bicyclic) bond motifs is 1. The Morgan fingerprint density at radius 1 is 0.962 bits per heavy atom. The number of benzene rings is 3. The lowest BCUT2D eigenvalue weighted by Crippen LogP contribution is -2.28. The highest BCUT2D eigenvalue weighted by Crippen LogP contribution is 2.24. The van der Waals surface area contributed by atoms with Crippen molar-refractivity contribution in [2.45, 2.75) is 0 Å². The van der Waals surface area contributed by atoms with Gasteiger partial charge in [0.05, 0.1) is 6.54 Å². The van der Waals surface area contributed by atoms with Crippen LogP contribution in [0.3, 0.4) is 0 Å². The predicted molar refractivity (Wildman–Crippen MR) is 106 cm³/mol. The second-order valence-electron chi connectivity index (χ2n) is 5.43. The van der Waals surface area contributed by atoms with E-state index >= 15 is 0 Å². The Morgan fingerprint density at radius 3 is 2.58 bits per heavy atom. The molecule has 0 aromatic heterocycles. The molecule has 0 bridgehead atoms. The Hall–Kier alpha value is -3.16. The van der Waals surface area contributed by atoms with Crippen LogP contribution in [0.2, 0.25) is 5.02 Å². The Kier molecular flexibility index (Phi) is 5.97. The molecule has 0 radical (unpaired) electrons. The molecule has 3 rings (SSSR count). The van der Waals surface area contributed by atoms with Crippen molar-refractivity contribution >= 4 is 34.1 Å². The molecule has 0 aliphatic carbocycles. The van der Waals surface area contributed by atoms with Gasteiger partial charge in [-0.1, -0.05) is 59.8 Å². The number of hydrogen-bond acceptors (Lipinski definition) is 2. The van der Waals surface area contributed by atoms with Crippen molar-refractivity contribution in [1.29, 1.82) is 0 Å². The number of carbonyl (C=O) groups is 1. The van der Waals surface area contributed by atoms with Crippen LogP contribution >= 0.6 is 11.6 Å². The van der Waals surface area contributed by atoms with Gasteiger partial charge in [-0.15, -0.1) is 0 Å². The summed E-state index contributed by atoms with van der Waals surface area (Å²) in [5, 5.41) is 8.16. The molecule has 4 nitrogen and oxygen atoms in total. The fourth-order valence-electron chi connectivity index (χ4n) is 2.38. The van der Waals surface area contributed by atoms with Crippen LogP contribution in [-0.4, -0.2) is 19.2 Å². The highest BCUT2D eigenvalue weighted by molar-refractivity contribution is 6.30. The number of halogens is 1. The van der Waals surface area contributed by atoms with Gasteiger partial charge in [0, 0.05) is 16.1 Å². The van der Waals surface area contributed by atoms with Gasteiger partial charge in [-0.05, 0) is 35.7 Å². The van der Waals surface area contributed by atoms with Gasteiger partial charge < -0.3 is 15.4 Å². The first-order chi connectivity index (χ1) is 12.7. The van der Waals surface area contributed by atoms with Crippen LogP contribution in [0.1, 0.15) is 0 Å². The van der Waals surface area contributed by atoms with E-state index in [0.717, 1.165) is 16.5 Å². The van der Waals surface area contributed by atoms with Crippen molar-refractivity contribution in [3.63, 3.8) is 0 Å². The molecule has 130 valence electrons. The molecule has 2 N–H and O–H groups in total. The van der Waals surface area contributed by atoms with Gasteiger partial charge in [-0.3, -0.25) is 0 Å². The van der Waals surface area contributed by atoms with Crippen LogP contribution in [0, 0.1) is 11.8 Å². The summed E-state index contributed by atoms with van der Waals surface area (Å²) in [6.45, 7) is 0.493. The van der Waals surface area contributed by atoms with Gasteiger partial charge in [-0.2, -0.15) is 0 Å². The van der Waals surface area contributed by atoms with Gasteiger partial charge in [0.1, 0.15) is 12.4 Å². The molecule has 0 unspecified atom stereocenters. The number of amides is 2. The summed E-state index contributed by atoms with van der Waals surface area (Å²) in [6, 6.07) is 20.5. The summed E-state index contributed by atoms with van der Waals surface area (Å²) in [5.74, 6) is 6.55. The molecule has 0 atom stereocenters. The first-order valence-electron chi connectivity index (χ1n) is 8.09. The van der Waals surface area contributed by atoms with E-state index < -0.39 is 0 Å². The number of rotatable bonds is 4. The molecule has 5 heteroatoms. The first-order valence-corrected chi connectivity index (χ1v) is 8.47. The van der Waals surface area contributed by atoms with E-state index in [1.165, 1.54) is 0 Å². The zero-order valence-electron chi connectivity index (χ0n) is 14.0. The monoisotopic (exact) mass is 364 g/mol. The largest absolute Gasteiger partial charge is 0.480 e. The number of hydrogen-bond donors (Lipinski definition) is 2. The van der Waals surface area contributed by atoms with Crippen molar-refractivity contribution < 1.29 is 9.53 Å². The molecule has 0 saturated heterocycles. The maximum Gasteiger partial charge on any atom is 0.319 e. The number of nitrogens with one attached hydrogen (secondary N) is 2. The third-order valence-corrected chi connectivity index (χ3v) is 3.87. The van der Waals surface area contributed by atoms with Crippen LogP contribution in [0.25, 0.3) is 10.8 Å². The average molecular weight is 365 g/mol. The normalized spacial score (nSPS) is 9.88. The van der Waals surface area contributed by atoms with Crippen molar-refractivity contribution in [2.75, 3.05) is 18.5 Å². The van der Waals surface area contributed by atoms with E-state index in [2.05, 4.69) is 22.5 Å². The summed E-state index contributed by atoms with van der Waals surface area (Å²) in [6.07, 6.45) is 0. The second-order valence-corrected chi connectivity index (χ2v) is 5.87. The molecule has 0 aliphatic heterocycles. The van der Waals surface area contributed by atoms with Crippen LogP contribution < -0.4 is 15.4 Å². The third kappa shape index (κ3) is 4.92. The average Bonchev–Trinajstić information content (AvgIpc) is 2.66. The summed E-state index contributed by atoms with van der Waals surface area (Å²) in [7, 11) is 0. The number of urea groups is 1. The van der Waals surface area contributed by atoms with Gasteiger partial charge >= 0.3 is 6.03 Å². The lowest BCUT2D eigenvalue weighted by atomic mass is 10.1. The smallest absolute Gasteiger partial charge is 0.319 e. The van der Waals surface area contributed by atoms with Crippen LogP contribution in [0.15, 0.2) is 66.7 Å². The number of ether oxygens (including phenoxy) is 1. The Balaban J connectivity index is 1.44. The molecule has 3 aromatic carbocycles. The molecule has 3 aromatic rings. The molecule has 2 amide bonds. The minimum absolute atomic E-state index is 0.234. The lowest BCUT2D eigenvalue weighted by Gasteiger charge is -2.06. The molecule has 0 fully saturated rings. The second kappa shape index (κ2) is 8.80. The zero-order valence-corrected chi connectivity index (χ0v) is 14.7. The Morgan fingerprint density at radius 2 is 1.73 bits per heavy atom. The lowest BCUT2D eigenvalue weighted by molar-refractivity contribution is 0.253. The molecular weight excluding hydrogens is 348 g/mol. The Labute approximate surface area is 157 Å². The van der Waals surface area contributed by atoms with Crippen molar-refractivity contribution in [3.05, 3.63) is 71.8 Å². The van der Waals surface area contributed by atoms with E-state index in [4.69, 9.17) is 16.3 Å². The summed E-state index contributed by atoms with van der Waals surface area (Å²) in [5.41, 5.74) is 0.666. The number of anilines is 1. The van der Waals surface area contributed by atoms with E-state index in [1.807, 2.05) is 42.5 Å². The quantitative estimate of drug-likeness (QED) is 0.659. The topological polar surface area (TPSA) is 50.4 Å². The molecule has 0 aliphatic rings. The molecule has 0 spiro atoms. The summed E-state index contributed by atoms with van der Waals surface area (Å²) < 4.78 is 5.72. The summed E-state index contributed by atoms with van der Waals surface area (Å²) >= 11 is 5.80. The van der Waals surface area contributed by atoms with Gasteiger partial charge in [0.2, 0.25) is 0 Å². The highest BCUT2D eigenvalue weighted by atomic mass is 35.5. The Bertz CT molecular complexity index is 954. The van der Waals surface area contributed by atoms with Crippen molar-refractivity contribution in [1.82, 2.24) is 5.32 Å². The van der Waals surface area contributed by atoms with Crippen molar-refractivity contribution in [2.24, 2.45) is 0 Å². The fraction of sp³-hybridized carbons (Fsp3) is 0.0952. The van der Waals surface area contributed by atoms with Gasteiger partial charge in [0.15, 0.2) is 0 Å². The van der Waals surface area contributed by atoms with Crippen LogP contribution in [0.5, 0.6) is 5.75 Å². The van der Waals surface area contributed by atoms with Gasteiger partial charge in [0.25, 0.3) is 0 Å². The van der Waals surface area contributed by atoms with E-state index in [1.54, 1.807) is 24.3 Å². The fourth-order valence-corrected chi connectivity index (χ4v) is 2.51. The van der Waals surface area contributed by atoms with Crippen LogP contribution in [-0.2, 0) is 0 Å². The highest BCUT2D eigenvalue weighted by Gasteiger charge is 2.00. The summed E-state index contributed by atoms with van der Waals surface area (Å²) in [4.78, 5) is 11.7. The first kappa shape index (κ1) is 17.7. The number of carbonyl (C=O) groups excluding carboxylic acids is 1. The maximum atomic E-state index is 11.7. The maximum absolute atomic E-state index is 11.7. The van der Waals surface area contributed by atoms with E-state index in [0.29, 0.717) is 10.7 Å². The predicted octanol–water partition coefficient (Wildman–Crippen LogP) is 4.70. The van der Waals surface area contributed by atoms with E-state index in [9.17, 15) is 4.79 Å². The van der Waals surface area contributed by atoms with Gasteiger partial charge in [-0.25, -0.2) is 4.79 Å². The van der Waals surface area contributed by atoms with E-state index in [-0.39, 0.29) is 19.2 Å². The SMILES string of the molecule is O=C(NCC#CCOc1cccc2ccccc12)Nc1ccc(Cl)cc1. The third-order valence-electron chi connectivity index (χ3n) is 3.61. The molecule has 0 saturated carbocycles. The molecule has 26 heavy (non-hydrogen) atoms. The molecular formula is C21H17ClN2O2. The minimum Gasteiger partial charge on any atom is -0.480 e. The standard InChI is InChI=1S/C21H17ClN2O2/c22-17-10-12-18(13-11-17)24-21(25)23-14-3-4-15-26-20-9-5-7-16-6-1-2-8-19(16)20/h1-2,5-13H,14-15H2,(H2,23,24,25). The van der Waals surface area contributed by atoms with Crippen molar-refractivity contribution in [3.8, 4) is 17.6 Å². The minimum atomic E-state index is -0.323. The zero-order chi connectivity index (χ0) is 18.2.